The summed E-state index contributed by atoms with van der Waals surface area (Å²) in [5.41, 5.74) is 5.37. The number of benzene rings is 2. The van der Waals surface area contributed by atoms with Gasteiger partial charge in [-0.2, -0.15) is 5.10 Å². The highest BCUT2D eigenvalue weighted by atomic mass is 19.4. The van der Waals surface area contributed by atoms with Gasteiger partial charge in [0.05, 0.1) is 16.8 Å². The number of ether oxygens (including phenoxy) is 1. The fourth-order valence-electron chi connectivity index (χ4n) is 5.05. The SMILES string of the molecule is CCc1nn2ccccc2c1C(=O)NCc1ccc(C2CCN(c3ccc(OC(F)(F)F)cc3)CC2)cc1. The van der Waals surface area contributed by atoms with Crippen LogP contribution in [0.15, 0.2) is 72.9 Å². The number of pyridine rings is 1. The zero-order valence-corrected chi connectivity index (χ0v) is 21.0. The predicted octanol–water partition coefficient (Wildman–Crippen LogP) is 6.11. The summed E-state index contributed by atoms with van der Waals surface area (Å²) in [6, 6.07) is 20.1. The first-order valence-corrected chi connectivity index (χ1v) is 12.7. The third-order valence-electron chi connectivity index (χ3n) is 7.01. The van der Waals surface area contributed by atoms with Crippen LogP contribution < -0.4 is 15.0 Å². The number of aromatic nitrogens is 2. The molecule has 0 aliphatic carbocycles. The molecule has 0 atom stereocenters. The van der Waals surface area contributed by atoms with E-state index >= 15 is 0 Å². The topological polar surface area (TPSA) is 58.9 Å². The Kier molecular flexibility index (Phi) is 7.26. The number of amides is 1. The highest BCUT2D eigenvalue weighted by Gasteiger charge is 2.31. The van der Waals surface area contributed by atoms with E-state index < -0.39 is 6.36 Å². The standard InChI is InChI=1S/C29H29F3N4O2/c1-2-25-27(26-5-3-4-16-36(26)34-25)28(37)33-19-20-6-8-21(9-7-20)22-14-17-35(18-15-22)23-10-12-24(13-11-23)38-29(30,31)32/h3-13,16,22H,2,14-15,17-19H2,1H3,(H,33,37). The zero-order valence-electron chi connectivity index (χ0n) is 21.0. The number of piperidine rings is 1. The van der Waals surface area contributed by atoms with Crippen molar-refractivity contribution in [3.63, 3.8) is 0 Å². The summed E-state index contributed by atoms with van der Waals surface area (Å²) in [6.07, 6.45) is -0.265. The third kappa shape index (κ3) is 5.77. The Balaban J connectivity index is 1.15. The lowest BCUT2D eigenvalue weighted by atomic mass is 9.89. The van der Waals surface area contributed by atoms with Gasteiger partial charge >= 0.3 is 6.36 Å². The number of nitrogens with zero attached hydrogens (tertiary/aromatic N) is 3. The number of anilines is 1. The van der Waals surface area contributed by atoms with Gasteiger partial charge in [-0.15, -0.1) is 13.2 Å². The van der Waals surface area contributed by atoms with Crippen LogP contribution in [-0.2, 0) is 13.0 Å². The maximum Gasteiger partial charge on any atom is 0.573 e. The lowest BCUT2D eigenvalue weighted by Crippen LogP contribution is -2.32. The Bertz CT molecular complexity index is 1390. The Morgan fingerprint density at radius 3 is 2.39 bits per heavy atom. The summed E-state index contributed by atoms with van der Waals surface area (Å²) in [7, 11) is 0. The average molecular weight is 523 g/mol. The molecule has 1 fully saturated rings. The molecule has 1 amide bonds. The number of hydrogen-bond acceptors (Lipinski definition) is 4. The Labute approximate surface area is 219 Å². The highest BCUT2D eigenvalue weighted by Crippen LogP contribution is 2.32. The van der Waals surface area contributed by atoms with E-state index in [0.29, 0.717) is 24.4 Å². The van der Waals surface area contributed by atoms with Crippen LogP contribution in [0.3, 0.4) is 0 Å². The monoisotopic (exact) mass is 522 g/mol. The second kappa shape index (κ2) is 10.8. The number of rotatable bonds is 7. The molecule has 4 aromatic rings. The maximum atomic E-state index is 13.0. The summed E-state index contributed by atoms with van der Waals surface area (Å²) < 4.78 is 42.9. The van der Waals surface area contributed by atoms with Crippen molar-refractivity contribution in [3.05, 3.63) is 95.3 Å². The minimum absolute atomic E-state index is 0.127. The van der Waals surface area contributed by atoms with E-state index in [1.54, 1.807) is 16.6 Å². The molecule has 0 saturated carbocycles. The van der Waals surface area contributed by atoms with Gasteiger partial charge in [0, 0.05) is 31.5 Å². The highest BCUT2D eigenvalue weighted by molar-refractivity contribution is 6.02. The fraction of sp³-hybridized carbons (Fsp3) is 0.310. The number of halogens is 3. The zero-order chi connectivity index (χ0) is 26.7. The molecule has 2 aromatic heterocycles. The molecule has 1 aliphatic heterocycles. The van der Waals surface area contributed by atoms with E-state index in [2.05, 4.69) is 44.3 Å². The third-order valence-corrected chi connectivity index (χ3v) is 7.01. The van der Waals surface area contributed by atoms with E-state index in [-0.39, 0.29) is 11.7 Å². The van der Waals surface area contributed by atoms with Crippen LogP contribution in [0.2, 0.25) is 0 Å². The normalized spacial score (nSPS) is 14.6. The molecule has 1 aliphatic rings. The molecule has 2 aromatic carbocycles. The molecular formula is C29H29F3N4O2. The average Bonchev–Trinajstić information content (AvgIpc) is 3.31. The van der Waals surface area contributed by atoms with Crippen LogP contribution in [0.1, 0.15) is 52.9 Å². The van der Waals surface area contributed by atoms with Crippen molar-refractivity contribution >= 4 is 17.1 Å². The lowest BCUT2D eigenvalue weighted by Gasteiger charge is -2.34. The van der Waals surface area contributed by atoms with Gasteiger partial charge < -0.3 is 15.0 Å². The summed E-state index contributed by atoms with van der Waals surface area (Å²) in [5.74, 6) is 0.0722. The van der Waals surface area contributed by atoms with Crippen molar-refractivity contribution in [3.8, 4) is 5.75 Å². The van der Waals surface area contributed by atoms with Gasteiger partial charge in [0.25, 0.3) is 5.91 Å². The Hall–Kier alpha value is -4.01. The van der Waals surface area contributed by atoms with Crippen LogP contribution in [-0.4, -0.2) is 35.0 Å². The summed E-state index contributed by atoms with van der Waals surface area (Å²) in [5, 5.41) is 7.55. The van der Waals surface area contributed by atoms with Crippen LogP contribution >= 0.6 is 0 Å². The van der Waals surface area contributed by atoms with E-state index in [9.17, 15) is 18.0 Å². The molecule has 0 unspecified atom stereocenters. The molecule has 0 spiro atoms. The number of fused-ring (bicyclic) bond motifs is 1. The molecule has 38 heavy (non-hydrogen) atoms. The lowest BCUT2D eigenvalue weighted by molar-refractivity contribution is -0.274. The van der Waals surface area contributed by atoms with E-state index in [1.807, 2.05) is 31.3 Å². The number of carbonyl (C=O) groups is 1. The van der Waals surface area contributed by atoms with Gasteiger partial charge in [0.2, 0.25) is 0 Å². The van der Waals surface area contributed by atoms with E-state index in [0.717, 1.165) is 48.4 Å². The van der Waals surface area contributed by atoms with Crippen molar-refractivity contribution in [2.24, 2.45) is 0 Å². The number of alkyl halides is 3. The maximum absolute atomic E-state index is 13.0. The minimum Gasteiger partial charge on any atom is -0.406 e. The number of aryl methyl sites for hydroxylation is 1. The smallest absolute Gasteiger partial charge is 0.406 e. The molecule has 0 radical (unpaired) electrons. The molecule has 6 nitrogen and oxygen atoms in total. The van der Waals surface area contributed by atoms with Crippen LogP contribution in [0.4, 0.5) is 18.9 Å². The Morgan fingerprint density at radius 2 is 1.74 bits per heavy atom. The minimum atomic E-state index is -4.69. The predicted molar refractivity (Wildman–Crippen MR) is 139 cm³/mol. The van der Waals surface area contributed by atoms with E-state index in [4.69, 9.17) is 0 Å². The van der Waals surface area contributed by atoms with Crippen molar-refractivity contribution in [2.45, 2.75) is 45.0 Å². The molecule has 0 bridgehead atoms. The Morgan fingerprint density at radius 1 is 1.03 bits per heavy atom. The molecule has 3 heterocycles. The first-order valence-electron chi connectivity index (χ1n) is 12.7. The van der Waals surface area contributed by atoms with Crippen LogP contribution in [0, 0.1) is 0 Å². The number of carbonyl (C=O) groups excluding carboxylic acids is 1. The van der Waals surface area contributed by atoms with Crippen molar-refractivity contribution < 1.29 is 22.7 Å². The van der Waals surface area contributed by atoms with Gasteiger partial charge in [-0.3, -0.25) is 4.79 Å². The summed E-state index contributed by atoms with van der Waals surface area (Å²) >= 11 is 0. The molecule has 1 N–H and O–H groups in total. The number of hydrogen-bond donors (Lipinski definition) is 1. The second-order valence-electron chi connectivity index (χ2n) is 9.43. The van der Waals surface area contributed by atoms with Crippen molar-refractivity contribution in [1.29, 1.82) is 0 Å². The van der Waals surface area contributed by atoms with Gasteiger partial charge in [-0.1, -0.05) is 37.3 Å². The van der Waals surface area contributed by atoms with Crippen LogP contribution in [0.25, 0.3) is 5.52 Å². The van der Waals surface area contributed by atoms with Gasteiger partial charge in [0.15, 0.2) is 0 Å². The van der Waals surface area contributed by atoms with Gasteiger partial charge in [-0.25, -0.2) is 4.52 Å². The summed E-state index contributed by atoms with van der Waals surface area (Å²) in [4.78, 5) is 15.2. The first kappa shape index (κ1) is 25.6. The molecular weight excluding hydrogens is 493 g/mol. The first-order chi connectivity index (χ1) is 18.3. The molecule has 9 heteroatoms. The quantitative estimate of drug-likeness (QED) is 0.318. The largest absolute Gasteiger partial charge is 0.573 e. The van der Waals surface area contributed by atoms with Gasteiger partial charge in [0.1, 0.15) is 5.75 Å². The van der Waals surface area contributed by atoms with Gasteiger partial charge in [-0.05, 0) is 72.7 Å². The van der Waals surface area contributed by atoms with Crippen LogP contribution in [0.5, 0.6) is 5.75 Å². The van der Waals surface area contributed by atoms with Crippen molar-refractivity contribution in [2.75, 3.05) is 18.0 Å². The number of nitrogens with one attached hydrogen (secondary N) is 1. The molecule has 198 valence electrons. The fourth-order valence-corrected chi connectivity index (χ4v) is 5.05. The van der Waals surface area contributed by atoms with Crippen molar-refractivity contribution in [1.82, 2.24) is 14.9 Å². The van der Waals surface area contributed by atoms with E-state index in [1.165, 1.54) is 17.7 Å². The molecule has 1 saturated heterocycles. The second-order valence-corrected chi connectivity index (χ2v) is 9.43. The summed E-state index contributed by atoms with van der Waals surface area (Å²) in [6.45, 7) is 4.06. The molecule has 5 rings (SSSR count).